The van der Waals surface area contributed by atoms with Gasteiger partial charge in [0, 0.05) is 12.1 Å². The third kappa shape index (κ3) is 3.64. The Morgan fingerprint density at radius 2 is 2.05 bits per heavy atom. The number of hydrogen-bond acceptors (Lipinski definition) is 2. The molecule has 0 saturated heterocycles. The van der Waals surface area contributed by atoms with Gasteiger partial charge in [0.15, 0.2) is 0 Å². The van der Waals surface area contributed by atoms with Crippen LogP contribution in [0.2, 0.25) is 0 Å². The summed E-state index contributed by atoms with van der Waals surface area (Å²) in [7, 11) is -1.43. The van der Waals surface area contributed by atoms with Gasteiger partial charge in [-0.2, -0.15) is 0 Å². The van der Waals surface area contributed by atoms with Gasteiger partial charge in [-0.25, -0.2) is 8.78 Å². The molecule has 1 aromatic carbocycles. The van der Waals surface area contributed by atoms with Gasteiger partial charge < -0.3 is 5.32 Å². The van der Waals surface area contributed by atoms with E-state index in [1.54, 1.807) is 0 Å². The second-order valence-corrected chi connectivity index (χ2v) is 6.90. The zero-order valence-electron chi connectivity index (χ0n) is 11.7. The van der Waals surface area contributed by atoms with Gasteiger partial charge in [0.25, 0.3) is 0 Å². The normalized spacial score (nSPS) is 24.6. The number of nitrogens with one attached hydrogen (secondary N) is 1. The monoisotopic (exact) mass is 301 g/mol. The van der Waals surface area contributed by atoms with E-state index in [1.807, 2.05) is 0 Å². The molecule has 1 aliphatic rings. The summed E-state index contributed by atoms with van der Waals surface area (Å²) in [5.41, 5.74) is 0. The largest absolute Gasteiger partial charge is 0.313 e. The van der Waals surface area contributed by atoms with E-state index in [4.69, 9.17) is 0 Å². The van der Waals surface area contributed by atoms with Crippen LogP contribution in [-0.2, 0) is 10.8 Å². The lowest BCUT2D eigenvalue weighted by Gasteiger charge is -2.31. The lowest BCUT2D eigenvalue weighted by Crippen LogP contribution is -2.44. The fourth-order valence-corrected chi connectivity index (χ4v) is 4.41. The van der Waals surface area contributed by atoms with Crippen LogP contribution in [0.25, 0.3) is 0 Å². The zero-order chi connectivity index (χ0) is 14.5. The lowest BCUT2D eigenvalue weighted by atomic mass is 9.95. The molecule has 3 atom stereocenters. The first kappa shape index (κ1) is 15.6. The molecule has 0 spiro atoms. The molecular formula is C15H21F2NOS. The Kier molecular flexibility index (Phi) is 5.66. The van der Waals surface area contributed by atoms with Crippen molar-refractivity contribution in [3.63, 3.8) is 0 Å². The standard InChI is InChI=1S/C15H21F2NOS/c1-2-9-18-13-5-3-4-6-15(13)20(19)14-8-7-11(16)10-12(14)17/h7-8,10,13,15,18H,2-6,9H2,1H3. The lowest BCUT2D eigenvalue weighted by molar-refractivity contribution is 0.378. The molecule has 1 aliphatic carbocycles. The maximum Gasteiger partial charge on any atom is 0.142 e. The number of benzene rings is 1. The predicted molar refractivity (Wildman–Crippen MR) is 77.1 cm³/mol. The van der Waals surface area contributed by atoms with Crippen LogP contribution in [0.5, 0.6) is 0 Å². The van der Waals surface area contributed by atoms with E-state index in [-0.39, 0.29) is 16.2 Å². The summed E-state index contributed by atoms with van der Waals surface area (Å²) in [5.74, 6) is -1.34. The van der Waals surface area contributed by atoms with E-state index in [9.17, 15) is 13.0 Å². The maximum absolute atomic E-state index is 13.8. The van der Waals surface area contributed by atoms with Crippen molar-refractivity contribution in [3.05, 3.63) is 29.8 Å². The summed E-state index contributed by atoms with van der Waals surface area (Å²) in [6, 6.07) is 3.46. The van der Waals surface area contributed by atoms with Crippen molar-refractivity contribution in [2.45, 2.75) is 55.2 Å². The highest BCUT2D eigenvalue weighted by molar-refractivity contribution is 7.85. The van der Waals surface area contributed by atoms with Gasteiger partial charge in [-0.15, -0.1) is 0 Å². The Morgan fingerprint density at radius 1 is 1.30 bits per heavy atom. The van der Waals surface area contributed by atoms with E-state index in [0.29, 0.717) is 0 Å². The average Bonchev–Trinajstić information content (AvgIpc) is 2.45. The molecule has 5 heteroatoms. The Morgan fingerprint density at radius 3 is 2.75 bits per heavy atom. The molecule has 112 valence electrons. The van der Waals surface area contributed by atoms with E-state index in [2.05, 4.69) is 12.2 Å². The summed E-state index contributed by atoms with van der Waals surface area (Å²) in [6.45, 7) is 2.96. The second kappa shape index (κ2) is 7.27. The molecule has 1 fully saturated rings. The first-order valence-corrected chi connectivity index (χ1v) is 8.43. The summed E-state index contributed by atoms with van der Waals surface area (Å²) >= 11 is 0. The van der Waals surface area contributed by atoms with E-state index in [0.717, 1.165) is 44.7 Å². The van der Waals surface area contributed by atoms with Crippen molar-refractivity contribution in [1.82, 2.24) is 5.32 Å². The van der Waals surface area contributed by atoms with Crippen molar-refractivity contribution in [2.24, 2.45) is 0 Å². The van der Waals surface area contributed by atoms with Crippen molar-refractivity contribution < 1.29 is 13.0 Å². The second-order valence-electron chi connectivity index (χ2n) is 5.26. The number of rotatable bonds is 5. The Labute approximate surface area is 121 Å². The van der Waals surface area contributed by atoms with Crippen LogP contribution >= 0.6 is 0 Å². The summed E-state index contributed by atoms with van der Waals surface area (Å²) < 4.78 is 39.3. The highest BCUT2D eigenvalue weighted by Gasteiger charge is 2.31. The van der Waals surface area contributed by atoms with Gasteiger partial charge in [0.2, 0.25) is 0 Å². The highest BCUT2D eigenvalue weighted by Crippen LogP contribution is 2.27. The summed E-state index contributed by atoms with van der Waals surface area (Å²) in [4.78, 5) is 0.126. The van der Waals surface area contributed by atoms with Gasteiger partial charge in [-0.05, 0) is 37.9 Å². The van der Waals surface area contributed by atoms with E-state index >= 15 is 0 Å². The Balaban J connectivity index is 2.16. The van der Waals surface area contributed by atoms with Crippen LogP contribution < -0.4 is 5.32 Å². The smallest absolute Gasteiger partial charge is 0.142 e. The molecule has 1 saturated carbocycles. The first-order chi connectivity index (χ1) is 9.63. The van der Waals surface area contributed by atoms with Crippen molar-refractivity contribution in [3.8, 4) is 0 Å². The van der Waals surface area contributed by atoms with E-state index in [1.165, 1.54) is 12.1 Å². The molecule has 0 aliphatic heterocycles. The average molecular weight is 301 g/mol. The van der Waals surface area contributed by atoms with Crippen LogP contribution in [0.3, 0.4) is 0 Å². The third-order valence-corrected chi connectivity index (χ3v) is 5.62. The molecule has 2 rings (SSSR count). The molecule has 0 radical (unpaired) electrons. The summed E-state index contributed by atoms with van der Waals surface area (Å²) in [5, 5.41) is 3.33. The molecular weight excluding hydrogens is 280 g/mol. The van der Waals surface area contributed by atoms with Crippen LogP contribution in [0, 0.1) is 11.6 Å². The fraction of sp³-hybridized carbons (Fsp3) is 0.600. The molecule has 2 nitrogen and oxygen atoms in total. The fourth-order valence-electron chi connectivity index (χ4n) is 2.72. The maximum atomic E-state index is 13.8. The Bertz CT molecular complexity index is 481. The van der Waals surface area contributed by atoms with Crippen molar-refractivity contribution in [2.75, 3.05) is 6.54 Å². The summed E-state index contributed by atoms with van der Waals surface area (Å²) in [6.07, 6.45) is 4.94. The Hall–Kier alpha value is -0.810. The minimum atomic E-state index is -1.43. The topological polar surface area (TPSA) is 29.1 Å². The van der Waals surface area contributed by atoms with Crippen LogP contribution in [0.1, 0.15) is 39.0 Å². The highest BCUT2D eigenvalue weighted by atomic mass is 32.2. The van der Waals surface area contributed by atoms with Crippen molar-refractivity contribution in [1.29, 1.82) is 0 Å². The van der Waals surface area contributed by atoms with Crippen LogP contribution in [0.15, 0.2) is 23.1 Å². The van der Waals surface area contributed by atoms with Crippen LogP contribution in [-0.4, -0.2) is 22.0 Å². The molecule has 0 heterocycles. The zero-order valence-corrected chi connectivity index (χ0v) is 12.5. The van der Waals surface area contributed by atoms with Gasteiger partial charge in [0.1, 0.15) is 11.6 Å². The number of halogens is 2. The minimum Gasteiger partial charge on any atom is -0.313 e. The van der Waals surface area contributed by atoms with Crippen LogP contribution in [0.4, 0.5) is 8.78 Å². The predicted octanol–water partition coefficient (Wildman–Crippen LogP) is 3.38. The first-order valence-electron chi connectivity index (χ1n) is 7.22. The SMILES string of the molecule is CCCNC1CCCCC1S(=O)c1ccc(F)cc1F. The molecule has 0 aromatic heterocycles. The molecule has 3 unspecified atom stereocenters. The molecule has 20 heavy (non-hydrogen) atoms. The molecule has 0 bridgehead atoms. The third-order valence-electron chi connectivity index (χ3n) is 3.74. The molecule has 0 amide bonds. The van der Waals surface area contributed by atoms with E-state index < -0.39 is 22.4 Å². The van der Waals surface area contributed by atoms with Gasteiger partial charge in [-0.3, -0.25) is 4.21 Å². The van der Waals surface area contributed by atoms with Crippen molar-refractivity contribution >= 4 is 10.8 Å². The van der Waals surface area contributed by atoms with Gasteiger partial charge in [0.05, 0.1) is 20.9 Å². The number of hydrogen-bond donors (Lipinski definition) is 1. The van der Waals surface area contributed by atoms with Gasteiger partial charge in [-0.1, -0.05) is 19.8 Å². The minimum absolute atomic E-state index is 0.0877. The molecule has 1 aromatic rings. The van der Waals surface area contributed by atoms with Gasteiger partial charge >= 0.3 is 0 Å². The molecule has 1 N–H and O–H groups in total. The quantitative estimate of drug-likeness (QED) is 0.903.